The summed E-state index contributed by atoms with van der Waals surface area (Å²) in [7, 11) is 0. The minimum Gasteiger partial charge on any atom is -0.481 e. The Balaban J connectivity index is 2.10. The minimum atomic E-state index is -0.693. The first kappa shape index (κ1) is 19.9. The fourth-order valence-corrected chi connectivity index (χ4v) is 3.50. The van der Waals surface area contributed by atoms with Gasteiger partial charge in [0.05, 0.1) is 0 Å². The Morgan fingerprint density at radius 3 is 2.26 bits per heavy atom. The molecule has 0 saturated heterocycles. The van der Waals surface area contributed by atoms with Gasteiger partial charge in [-0.15, -0.1) is 0 Å². The average molecular weight is 322 g/mol. The van der Waals surface area contributed by atoms with E-state index in [4.69, 9.17) is 5.11 Å². The fraction of sp³-hybridized carbons (Fsp3) is 0.800. The van der Waals surface area contributed by atoms with E-state index in [0.717, 1.165) is 44.9 Å². The number of rotatable bonds is 14. The summed E-state index contributed by atoms with van der Waals surface area (Å²) in [5.74, 6) is 0.338. The van der Waals surface area contributed by atoms with Crippen molar-refractivity contribution in [3.8, 4) is 0 Å². The number of aliphatic carboxylic acids is 1. The van der Waals surface area contributed by atoms with Crippen LogP contribution in [0.25, 0.3) is 0 Å². The molecular weight excluding hydrogens is 288 g/mol. The van der Waals surface area contributed by atoms with Gasteiger partial charge in [0.2, 0.25) is 0 Å². The van der Waals surface area contributed by atoms with E-state index < -0.39 is 5.97 Å². The first-order valence-electron chi connectivity index (χ1n) is 9.59. The van der Waals surface area contributed by atoms with E-state index in [9.17, 15) is 9.59 Å². The number of hydrogen-bond acceptors (Lipinski definition) is 2. The highest BCUT2D eigenvalue weighted by Gasteiger charge is 2.28. The number of carboxylic acid groups (broad SMARTS) is 1. The predicted molar refractivity (Wildman–Crippen MR) is 94.5 cm³/mol. The summed E-state index contributed by atoms with van der Waals surface area (Å²) in [5.41, 5.74) is 0. The van der Waals surface area contributed by atoms with Gasteiger partial charge in [-0.3, -0.25) is 9.59 Å². The van der Waals surface area contributed by atoms with Gasteiger partial charge in [0.1, 0.15) is 0 Å². The van der Waals surface area contributed by atoms with Gasteiger partial charge in [-0.05, 0) is 31.3 Å². The zero-order chi connectivity index (χ0) is 16.9. The van der Waals surface area contributed by atoms with Gasteiger partial charge in [0, 0.05) is 12.3 Å². The standard InChI is InChI=1S/C20H34O3/c1-2-3-4-6-10-13-18-17(15-16-19(18)21)12-9-7-5-8-11-14-20(22)23/h15-18H,2-14H2,1H3,(H,22,23). The molecular formula is C20H34O3. The van der Waals surface area contributed by atoms with Crippen LogP contribution in [0, 0.1) is 11.8 Å². The lowest BCUT2D eigenvalue weighted by Crippen LogP contribution is -2.16. The van der Waals surface area contributed by atoms with Crippen molar-refractivity contribution in [3.05, 3.63) is 12.2 Å². The van der Waals surface area contributed by atoms with E-state index in [1.54, 1.807) is 6.08 Å². The summed E-state index contributed by atoms with van der Waals surface area (Å²) in [4.78, 5) is 22.4. The number of ketones is 1. The van der Waals surface area contributed by atoms with Crippen LogP contribution in [0.15, 0.2) is 12.2 Å². The number of hydrogen-bond donors (Lipinski definition) is 1. The van der Waals surface area contributed by atoms with Crippen LogP contribution in [-0.4, -0.2) is 16.9 Å². The molecule has 0 spiro atoms. The average Bonchev–Trinajstić information content (AvgIpc) is 2.86. The van der Waals surface area contributed by atoms with Crippen LogP contribution in [0.1, 0.15) is 90.4 Å². The summed E-state index contributed by atoms with van der Waals surface area (Å²) in [5, 5.41) is 8.59. The smallest absolute Gasteiger partial charge is 0.303 e. The molecule has 1 N–H and O–H groups in total. The first-order chi connectivity index (χ1) is 11.1. The van der Waals surface area contributed by atoms with Crippen LogP contribution in [-0.2, 0) is 9.59 Å². The van der Waals surface area contributed by atoms with Crippen LogP contribution in [0.3, 0.4) is 0 Å². The van der Waals surface area contributed by atoms with E-state index in [1.165, 1.54) is 32.1 Å². The Bertz CT molecular complexity index is 373. The van der Waals surface area contributed by atoms with Crippen molar-refractivity contribution in [2.45, 2.75) is 90.4 Å². The monoisotopic (exact) mass is 322 g/mol. The third kappa shape index (κ3) is 8.92. The summed E-state index contributed by atoms with van der Waals surface area (Å²) in [6, 6.07) is 0. The molecule has 132 valence electrons. The second kappa shape index (κ2) is 12.3. The summed E-state index contributed by atoms with van der Waals surface area (Å²) in [6.07, 6.45) is 17.9. The molecule has 3 heteroatoms. The molecule has 0 heterocycles. The van der Waals surface area contributed by atoms with Gasteiger partial charge in [-0.2, -0.15) is 0 Å². The minimum absolute atomic E-state index is 0.239. The number of carbonyl (C=O) groups excluding carboxylic acids is 1. The molecule has 1 aliphatic rings. The topological polar surface area (TPSA) is 54.4 Å². The Labute approximate surface area is 141 Å². The molecule has 0 saturated carbocycles. The fourth-order valence-electron chi connectivity index (χ4n) is 3.50. The molecule has 1 aliphatic carbocycles. The summed E-state index contributed by atoms with van der Waals surface area (Å²) < 4.78 is 0. The van der Waals surface area contributed by atoms with Gasteiger partial charge >= 0.3 is 5.97 Å². The molecule has 3 nitrogen and oxygen atoms in total. The second-order valence-electron chi connectivity index (χ2n) is 6.93. The van der Waals surface area contributed by atoms with Crippen molar-refractivity contribution in [1.29, 1.82) is 0 Å². The Kier molecular flexibility index (Phi) is 10.7. The maximum absolute atomic E-state index is 12.0. The largest absolute Gasteiger partial charge is 0.481 e. The Hall–Kier alpha value is -1.12. The van der Waals surface area contributed by atoms with Gasteiger partial charge in [0.25, 0.3) is 0 Å². The van der Waals surface area contributed by atoms with Crippen molar-refractivity contribution < 1.29 is 14.7 Å². The molecule has 23 heavy (non-hydrogen) atoms. The lowest BCUT2D eigenvalue weighted by molar-refractivity contribution is -0.137. The first-order valence-corrected chi connectivity index (χ1v) is 9.59. The maximum Gasteiger partial charge on any atom is 0.303 e. The second-order valence-corrected chi connectivity index (χ2v) is 6.93. The molecule has 0 fully saturated rings. The van der Waals surface area contributed by atoms with Crippen molar-refractivity contribution in [3.63, 3.8) is 0 Å². The third-order valence-corrected chi connectivity index (χ3v) is 4.94. The van der Waals surface area contributed by atoms with Gasteiger partial charge < -0.3 is 5.11 Å². The van der Waals surface area contributed by atoms with Crippen LogP contribution >= 0.6 is 0 Å². The van der Waals surface area contributed by atoms with Gasteiger partial charge in [-0.1, -0.05) is 70.8 Å². The molecule has 0 aromatic heterocycles. The lowest BCUT2D eigenvalue weighted by atomic mass is 9.86. The van der Waals surface area contributed by atoms with Crippen molar-refractivity contribution in [1.82, 2.24) is 0 Å². The van der Waals surface area contributed by atoms with Crippen molar-refractivity contribution in [2.24, 2.45) is 11.8 Å². The highest BCUT2D eigenvalue weighted by Crippen LogP contribution is 2.31. The van der Waals surface area contributed by atoms with Crippen LogP contribution < -0.4 is 0 Å². The van der Waals surface area contributed by atoms with Crippen molar-refractivity contribution >= 4 is 11.8 Å². The number of unbranched alkanes of at least 4 members (excludes halogenated alkanes) is 8. The zero-order valence-corrected chi connectivity index (χ0v) is 14.8. The van der Waals surface area contributed by atoms with Crippen LogP contribution in [0.2, 0.25) is 0 Å². The molecule has 0 aromatic rings. The third-order valence-electron chi connectivity index (χ3n) is 4.94. The molecule has 1 rings (SSSR count). The Morgan fingerprint density at radius 1 is 0.957 bits per heavy atom. The quantitative estimate of drug-likeness (QED) is 0.428. The molecule has 0 aliphatic heterocycles. The number of carbonyl (C=O) groups is 2. The molecule has 0 radical (unpaired) electrons. The van der Waals surface area contributed by atoms with E-state index in [-0.39, 0.29) is 5.92 Å². The number of carboxylic acids is 1. The Morgan fingerprint density at radius 2 is 1.57 bits per heavy atom. The van der Waals surface area contributed by atoms with Crippen LogP contribution in [0.4, 0.5) is 0 Å². The van der Waals surface area contributed by atoms with Crippen molar-refractivity contribution in [2.75, 3.05) is 0 Å². The van der Waals surface area contributed by atoms with Crippen LogP contribution in [0.5, 0.6) is 0 Å². The predicted octanol–water partition coefficient (Wildman–Crippen LogP) is 5.53. The lowest BCUT2D eigenvalue weighted by Gasteiger charge is -2.18. The summed E-state index contributed by atoms with van der Waals surface area (Å²) in [6.45, 7) is 2.22. The molecule has 0 aromatic carbocycles. The molecule has 0 bridgehead atoms. The SMILES string of the molecule is CCCCCCCC1C(=O)C=CC1CCCCCCCC(=O)O. The molecule has 2 unspecified atom stereocenters. The highest BCUT2D eigenvalue weighted by molar-refractivity contribution is 5.94. The van der Waals surface area contributed by atoms with E-state index in [1.807, 2.05) is 0 Å². The van der Waals surface area contributed by atoms with Gasteiger partial charge in [0.15, 0.2) is 5.78 Å². The highest BCUT2D eigenvalue weighted by atomic mass is 16.4. The zero-order valence-electron chi connectivity index (χ0n) is 14.8. The number of allylic oxidation sites excluding steroid dienone is 2. The maximum atomic E-state index is 12.0. The molecule has 2 atom stereocenters. The summed E-state index contributed by atoms with van der Waals surface area (Å²) >= 11 is 0. The normalized spacial score (nSPS) is 20.3. The molecule has 0 amide bonds. The van der Waals surface area contributed by atoms with Gasteiger partial charge in [-0.25, -0.2) is 0 Å². The van der Waals surface area contributed by atoms with E-state index in [0.29, 0.717) is 18.1 Å². The van der Waals surface area contributed by atoms with E-state index >= 15 is 0 Å². The van der Waals surface area contributed by atoms with E-state index in [2.05, 4.69) is 13.0 Å².